The molecule has 0 spiro atoms. The number of rotatable bonds is 34. The molecule has 0 radical (unpaired) electrons. The van der Waals surface area contributed by atoms with Gasteiger partial charge < -0.3 is 5.73 Å². The SMILES string of the molecule is Cc1cc(C(C)(C)CC(C)(C)CC(C)(C)CC(C)(C)CC(C)(C)CC(C)(C)CC(C)(C)CC(C)(C)CC(C)(C)CC(C)(C)CC(C)(C)CC(C)(C)CC(C)(C)CC(C)(C)CC(C)(C)CC(C)(C)CC(C)(C)CC(C)(C)C)cc(C)c1N. The highest BCUT2D eigenvalue weighted by Crippen LogP contribution is 2.58. The van der Waals surface area contributed by atoms with Gasteiger partial charge in [-0.15, -0.1) is 0 Å². The van der Waals surface area contributed by atoms with Crippen molar-refractivity contribution < 1.29 is 0 Å². The molecule has 0 bridgehead atoms. The Morgan fingerprint density at radius 1 is 0.210 bits per heavy atom. The Balaban J connectivity index is 3.01. The number of anilines is 1. The normalized spacial score (nSPS) is 15.7. The van der Waals surface area contributed by atoms with Crippen molar-refractivity contribution in [1.82, 2.24) is 0 Å². The zero-order valence-electron chi connectivity index (χ0n) is 63.8. The summed E-state index contributed by atoms with van der Waals surface area (Å²) >= 11 is 0. The number of hydrogen-bond acceptors (Lipinski definition) is 1. The lowest BCUT2D eigenvalue weighted by Gasteiger charge is -2.48. The third kappa shape index (κ3) is 31.0. The lowest BCUT2D eigenvalue weighted by atomic mass is 9.57. The quantitative estimate of drug-likeness (QED) is 0.0684. The van der Waals surface area contributed by atoms with Gasteiger partial charge in [-0.1, -0.05) is 268 Å². The second kappa shape index (κ2) is 25.3. The Kier molecular flexibility index (Phi) is 24.3. The van der Waals surface area contributed by atoms with Crippen LogP contribution in [0.2, 0.25) is 0 Å². The Morgan fingerprint density at radius 3 is 0.469 bits per heavy atom. The molecule has 1 aromatic rings. The average molecular weight is 1130 g/mol. The Bertz CT molecular complexity index is 2100. The molecule has 0 aromatic heterocycles. The van der Waals surface area contributed by atoms with E-state index in [4.69, 9.17) is 5.73 Å². The summed E-state index contributed by atoms with van der Waals surface area (Å²) in [7, 11) is 0. The van der Waals surface area contributed by atoms with Crippen LogP contribution in [-0.2, 0) is 5.41 Å². The van der Waals surface area contributed by atoms with Crippen LogP contribution in [0.5, 0.6) is 0 Å². The van der Waals surface area contributed by atoms with Gasteiger partial charge in [0.25, 0.3) is 0 Å². The van der Waals surface area contributed by atoms with E-state index in [0.29, 0.717) is 21.7 Å². The molecule has 0 heterocycles. The molecule has 1 rings (SSSR count). The minimum atomic E-state index is 0.0776. The van der Waals surface area contributed by atoms with Crippen LogP contribution in [0.1, 0.15) is 382 Å². The van der Waals surface area contributed by atoms with E-state index in [1.54, 1.807) is 0 Å². The topological polar surface area (TPSA) is 26.0 Å². The van der Waals surface area contributed by atoms with Gasteiger partial charge in [-0.05, 0) is 237 Å². The first-order valence-electron chi connectivity index (χ1n) is 33.7. The van der Waals surface area contributed by atoms with Gasteiger partial charge in [0.15, 0.2) is 0 Å². The minimum absolute atomic E-state index is 0.0776. The number of benzene rings is 1. The van der Waals surface area contributed by atoms with Crippen molar-refractivity contribution in [3.8, 4) is 0 Å². The molecule has 1 heteroatoms. The van der Waals surface area contributed by atoms with Crippen molar-refractivity contribution in [3.05, 3.63) is 28.8 Å². The van der Waals surface area contributed by atoms with Crippen molar-refractivity contribution in [2.24, 2.45) is 92.1 Å². The summed E-state index contributed by atoms with van der Waals surface area (Å²) in [4.78, 5) is 0. The maximum absolute atomic E-state index is 6.39. The van der Waals surface area contributed by atoms with Gasteiger partial charge in [-0.3, -0.25) is 0 Å². The zero-order chi connectivity index (χ0) is 64.7. The Labute approximate surface area is 514 Å². The molecule has 0 atom stereocenters. The molecule has 0 unspecified atom stereocenters. The maximum atomic E-state index is 6.39. The highest BCUT2D eigenvalue weighted by molar-refractivity contribution is 5.55. The van der Waals surface area contributed by atoms with Gasteiger partial charge in [0.05, 0.1) is 0 Å². The average Bonchev–Trinajstić information content (AvgIpc) is 2.99. The van der Waals surface area contributed by atoms with Gasteiger partial charge in [-0.2, -0.15) is 0 Å². The molecule has 0 saturated heterocycles. The number of nitrogens with two attached hydrogens (primary N) is 1. The van der Waals surface area contributed by atoms with E-state index in [0.717, 1.165) is 12.1 Å². The van der Waals surface area contributed by atoms with E-state index < -0.39 is 0 Å². The zero-order valence-corrected chi connectivity index (χ0v) is 63.8. The van der Waals surface area contributed by atoms with Crippen molar-refractivity contribution in [2.45, 2.75) is 385 Å². The highest BCUT2D eigenvalue weighted by atomic mass is 14.6. The number of aryl methyl sites for hydroxylation is 2. The summed E-state index contributed by atoms with van der Waals surface area (Å²) in [6.07, 6.45) is 21.3. The van der Waals surface area contributed by atoms with Gasteiger partial charge in [0.2, 0.25) is 0 Å². The first-order chi connectivity index (χ1) is 34.8. The molecule has 0 aliphatic rings. The summed E-state index contributed by atoms with van der Waals surface area (Å²) in [5, 5.41) is 0. The van der Waals surface area contributed by atoms with Crippen molar-refractivity contribution in [2.75, 3.05) is 5.73 Å². The van der Waals surface area contributed by atoms with Crippen LogP contribution in [0.15, 0.2) is 12.1 Å². The third-order valence-corrected chi connectivity index (χ3v) is 18.7. The molecular formula is C80H155N. The van der Waals surface area contributed by atoms with Crippen molar-refractivity contribution in [3.63, 3.8) is 0 Å². The number of hydrogen-bond donors (Lipinski definition) is 1. The summed E-state index contributed by atoms with van der Waals surface area (Å²) in [6.45, 7) is 98.8. The molecule has 81 heavy (non-hydrogen) atoms. The van der Waals surface area contributed by atoms with E-state index in [-0.39, 0.29) is 75.8 Å². The van der Waals surface area contributed by atoms with E-state index in [2.05, 4.69) is 282 Å². The highest BCUT2D eigenvalue weighted by Gasteiger charge is 2.46. The van der Waals surface area contributed by atoms with Crippen molar-refractivity contribution in [1.29, 1.82) is 0 Å². The van der Waals surface area contributed by atoms with Crippen LogP contribution in [-0.4, -0.2) is 0 Å². The second-order valence-electron chi connectivity index (χ2n) is 44.6. The molecule has 0 saturated carbocycles. The van der Waals surface area contributed by atoms with Gasteiger partial charge in [0.1, 0.15) is 0 Å². The van der Waals surface area contributed by atoms with Gasteiger partial charge in [-0.25, -0.2) is 0 Å². The lowest BCUT2D eigenvalue weighted by Crippen LogP contribution is -2.37. The fourth-order valence-corrected chi connectivity index (χ4v) is 24.5. The smallest absolute Gasteiger partial charge is 0.0373 e. The molecule has 1 nitrogen and oxygen atoms in total. The van der Waals surface area contributed by atoms with E-state index >= 15 is 0 Å². The fraction of sp³-hybridized carbons (Fsp3) is 0.925. The minimum Gasteiger partial charge on any atom is -0.398 e. The maximum Gasteiger partial charge on any atom is 0.0373 e. The molecule has 0 aliphatic carbocycles. The van der Waals surface area contributed by atoms with Crippen LogP contribution in [0, 0.1) is 106 Å². The first-order valence-corrected chi connectivity index (χ1v) is 33.7. The molecule has 0 aliphatic heterocycles. The molecule has 2 N–H and O–H groups in total. The van der Waals surface area contributed by atoms with E-state index in [9.17, 15) is 0 Å². The van der Waals surface area contributed by atoms with Crippen LogP contribution in [0.3, 0.4) is 0 Å². The molecular weight excluding hydrogens is 975 g/mol. The summed E-state index contributed by atoms with van der Waals surface area (Å²) < 4.78 is 0. The monoisotopic (exact) mass is 1130 g/mol. The van der Waals surface area contributed by atoms with E-state index in [1.807, 2.05) is 0 Å². The van der Waals surface area contributed by atoms with Crippen LogP contribution < -0.4 is 5.73 Å². The molecule has 1 aromatic carbocycles. The molecule has 0 amide bonds. The van der Waals surface area contributed by atoms with E-state index in [1.165, 1.54) is 119 Å². The lowest BCUT2D eigenvalue weighted by molar-refractivity contribution is 0.0283. The predicted molar refractivity (Wildman–Crippen MR) is 372 cm³/mol. The van der Waals surface area contributed by atoms with Crippen LogP contribution in [0.25, 0.3) is 0 Å². The first kappa shape index (κ1) is 78.0. The van der Waals surface area contributed by atoms with Crippen LogP contribution >= 0.6 is 0 Å². The molecule has 480 valence electrons. The summed E-state index contributed by atoms with van der Waals surface area (Å²) in [5.74, 6) is 0. The standard InChI is InChI=1S/C80H155N/c1-59-40-61(41-60(2)62(59)81)80(38,39)58-79(36,37)57-78(34,35)56-77(32,33)55-76(30,31)54-75(28,29)53-74(26,27)52-73(24,25)51-72(22,23)50-71(20,21)49-70(18,19)48-69(16,17)47-68(14,15)46-67(12,13)45-66(10,11)44-65(8,9)43-64(6,7)42-63(3,4)5/h40-41H,42-58,81H2,1-39H3. The predicted octanol–water partition coefficient (Wildman–Crippen LogP) is 27.3. The van der Waals surface area contributed by atoms with Crippen LogP contribution in [0.4, 0.5) is 5.69 Å². The fourth-order valence-electron chi connectivity index (χ4n) is 24.5. The summed E-state index contributed by atoms with van der Waals surface area (Å²) in [6, 6.07) is 4.68. The second-order valence-corrected chi connectivity index (χ2v) is 44.6. The van der Waals surface area contributed by atoms with Crippen molar-refractivity contribution >= 4 is 5.69 Å². The Hall–Kier alpha value is -0.980. The van der Waals surface area contributed by atoms with Gasteiger partial charge in [0, 0.05) is 5.69 Å². The number of nitrogen functional groups attached to an aromatic ring is 1. The summed E-state index contributed by atoms with van der Waals surface area (Å²) in [5.41, 5.74) is 15.9. The van der Waals surface area contributed by atoms with Gasteiger partial charge >= 0.3 is 0 Å². The third-order valence-electron chi connectivity index (χ3n) is 18.7. The Morgan fingerprint density at radius 2 is 0.333 bits per heavy atom. The largest absolute Gasteiger partial charge is 0.398 e. The molecule has 0 fully saturated rings.